The lowest BCUT2D eigenvalue weighted by molar-refractivity contribution is -0.274. The van der Waals surface area contributed by atoms with Crippen LogP contribution in [0.15, 0.2) is 30.5 Å². The highest BCUT2D eigenvalue weighted by atomic mass is 19.4. The summed E-state index contributed by atoms with van der Waals surface area (Å²) >= 11 is 0. The van der Waals surface area contributed by atoms with Gasteiger partial charge in [0.2, 0.25) is 0 Å². The van der Waals surface area contributed by atoms with Gasteiger partial charge in [-0.2, -0.15) is 13.2 Å². The van der Waals surface area contributed by atoms with Crippen LogP contribution in [0.2, 0.25) is 0 Å². The predicted octanol–water partition coefficient (Wildman–Crippen LogP) is 4.56. The number of nitrogens with one attached hydrogen (secondary N) is 1. The number of rotatable bonds is 6. The van der Waals surface area contributed by atoms with Gasteiger partial charge in [0.15, 0.2) is 6.61 Å². The van der Waals surface area contributed by atoms with Crippen molar-refractivity contribution in [3.8, 4) is 11.5 Å². The van der Waals surface area contributed by atoms with Gasteiger partial charge in [-0.25, -0.2) is 4.98 Å². The van der Waals surface area contributed by atoms with E-state index in [1.807, 2.05) is 0 Å². The highest BCUT2D eigenvalue weighted by Crippen LogP contribution is 2.31. The molecule has 3 rings (SSSR count). The zero-order valence-electron chi connectivity index (χ0n) is 16.2. The number of alkyl halides is 6. The molecule has 1 atom stereocenters. The fraction of sp³-hybridized carbons (Fsp3) is 0.368. The molecule has 2 aromatic heterocycles. The molecule has 0 bridgehead atoms. The minimum absolute atomic E-state index is 0.0309. The molecular formula is C19H17F6N3O3. The monoisotopic (exact) mass is 449 g/mol. The Morgan fingerprint density at radius 2 is 1.81 bits per heavy atom. The third-order valence-corrected chi connectivity index (χ3v) is 4.36. The summed E-state index contributed by atoms with van der Waals surface area (Å²) in [5, 5.41) is 10.9. The molecule has 2 heterocycles. The maximum Gasteiger partial charge on any atom is 0.573 e. The quantitative estimate of drug-likeness (QED) is 0.540. The summed E-state index contributed by atoms with van der Waals surface area (Å²) < 4.78 is 83.1. The minimum atomic E-state index is -4.86. The molecule has 0 spiro atoms. The van der Waals surface area contributed by atoms with E-state index in [0.29, 0.717) is 11.1 Å². The maximum atomic E-state index is 12.4. The van der Waals surface area contributed by atoms with Crippen molar-refractivity contribution >= 4 is 11.0 Å². The molecule has 1 aromatic carbocycles. The molecule has 0 aliphatic heterocycles. The first kappa shape index (κ1) is 22.7. The van der Waals surface area contributed by atoms with E-state index in [1.165, 1.54) is 32.2 Å². The number of aliphatic hydroxyl groups is 1. The van der Waals surface area contributed by atoms with Gasteiger partial charge in [-0.1, -0.05) is 0 Å². The first-order valence-electron chi connectivity index (χ1n) is 8.86. The summed E-state index contributed by atoms with van der Waals surface area (Å²) in [6, 6.07) is 4.76. The second kappa shape index (κ2) is 7.91. The molecule has 31 heavy (non-hydrogen) atoms. The zero-order chi connectivity index (χ0) is 23.0. The lowest BCUT2D eigenvalue weighted by Gasteiger charge is -2.22. The smallest absolute Gasteiger partial charge is 0.484 e. The van der Waals surface area contributed by atoms with Crippen LogP contribution in [0.3, 0.4) is 0 Å². The van der Waals surface area contributed by atoms with Gasteiger partial charge in [0.25, 0.3) is 0 Å². The standard InChI is InChI=1S/C19H17F6N3O3/c1-10-14(26-6-5-15(10)30-9-18(20,21)22)8-17(2,29)16-27-12-4-3-11(7-13(12)28-16)31-19(23,24)25/h3-7,29H,8-9H2,1-2H3,(H,27,28). The summed E-state index contributed by atoms with van der Waals surface area (Å²) in [6.07, 6.45) is -8.26. The van der Waals surface area contributed by atoms with Crippen molar-refractivity contribution < 1.29 is 40.9 Å². The number of hydrogen-bond donors (Lipinski definition) is 2. The molecule has 1 unspecified atom stereocenters. The fourth-order valence-electron chi connectivity index (χ4n) is 2.90. The van der Waals surface area contributed by atoms with E-state index in [2.05, 4.69) is 19.7 Å². The van der Waals surface area contributed by atoms with Crippen LogP contribution in [0.1, 0.15) is 24.0 Å². The van der Waals surface area contributed by atoms with Crippen LogP contribution in [0.25, 0.3) is 11.0 Å². The first-order chi connectivity index (χ1) is 14.2. The Balaban J connectivity index is 1.84. The molecule has 0 radical (unpaired) electrons. The summed E-state index contributed by atoms with van der Waals surface area (Å²) in [5.41, 5.74) is -0.597. The zero-order valence-corrected chi connectivity index (χ0v) is 16.2. The van der Waals surface area contributed by atoms with Gasteiger partial charge in [0.05, 0.1) is 16.7 Å². The third kappa shape index (κ3) is 5.78. The molecule has 0 aliphatic rings. The van der Waals surface area contributed by atoms with Gasteiger partial charge in [-0.3, -0.25) is 4.98 Å². The average Bonchev–Trinajstić information content (AvgIpc) is 3.04. The number of halogens is 6. The van der Waals surface area contributed by atoms with Crippen molar-refractivity contribution in [3.63, 3.8) is 0 Å². The second-order valence-corrected chi connectivity index (χ2v) is 7.05. The van der Waals surface area contributed by atoms with Gasteiger partial charge in [0, 0.05) is 24.2 Å². The second-order valence-electron chi connectivity index (χ2n) is 7.05. The lowest BCUT2D eigenvalue weighted by Crippen LogP contribution is -2.27. The molecule has 168 valence electrons. The Kier molecular flexibility index (Phi) is 5.78. The topological polar surface area (TPSA) is 80.3 Å². The minimum Gasteiger partial charge on any atom is -0.484 e. The normalized spacial score (nSPS) is 14.5. The molecule has 0 fully saturated rings. The van der Waals surface area contributed by atoms with E-state index < -0.39 is 30.5 Å². The predicted molar refractivity (Wildman–Crippen MR) is 96.6 cm³/mol. The number of benzene rings is 1. The molecule has 0 amide bonds. The van der Waals surface area contributed by atoms with Gasteiger partial charge in [0.1, 0.15) is 22.9 Å². The van der Waals surface area contributed by atoms with E-state index >= 15 is 0 Å². The van der Waals surface area contributed by atoms with E-state index in [-0.39, 0.29) is 29.2 Å². The number of imidazole rings is 1. The van der Waals surface area contributed by atoms with Crippen LogP contribution in [-0.2, 0) is 12.0 Å². The molecule has 2 N–H and O–H groups in total. The SMILES string of the molecule is Cc1c(OCC(F)(F)F)ccnc1CC(C)(O)c1nc2cc(OC(F)(F)F)ccc2[nH]1. The molecule has 0 aliphatic carbocycles. The van der Waals surface area contributed by atoms with E-state index in [9.17, 15) is 31.4 Å². The van der Waals surface area contributed by atoms with Crippen LogP contribution >= 0.6 is 0 Å². The highest BCUT2D eigenvalue weighted by Gasteiger charge is 2.33. The average molecular weight is 449 g/mol. The van der Waals surface area contributed by atoms with Crippen LogP contribution in [0.4, 0.5) is 26.3 Å². The number of nitrogens with zero attached hydrogens (tertiary/aromatic N) is 2. The number of H-pyrrole nitrogens is 1. The Labute approximate surface area is 171 Å². The van der Waals surface area contributed by atoms with Gasteiger partial charge >= 0.3 is 12.5 Å². The molecule has 6 nitrogen and oxygen atoms in total. The van der Waals surface area contributed by atoms with Gasteiger partial charge in [-0.05, 0) is 32.0 Å². The van der Waals surface area contributed by atoms with Crippen molar-refractivity contribution in [3.05, 3.63) is 47.5 Å². The number of ether oxygens (including phenoxy) is 2. The van der Waals surface area contributed by atoms with Gasteiger partial charge < -0.3 is 19.6 Å². The van der Waals surface area contributed by atoms with Crippen molar-refractivity contribution in [1.29, 1.82) is 0 Å². The van der Waals surface area contributed by atoms with Crippen molar-refractivity contribution in [2.75, 3.05) is 6.61 Å². The maximum absolute atomic E-state index is 12.4. The summed E-state index contributed by atoms with van der Waals surface area (Å²) in [6.45, 7) is 1.42. The first-order valence-corrected chi connectivity index (χ1v) is 8.86. The van der Waals surface area contributed by atoms with Crippen LogP contribution in [-0.4, -0.2) is 39.2 Å². The largest absolute Gasteiger partial charge is 0.573 e. The number of fused-ring (bicyclic) bond motifs is 1. The summed E-state index contributed by atoms with van der Waals surface area (Å²) in [5.74, 6) is -0.462. The number of aromatic amines is 1. The van der Waals surface area contributed by atoms with E-state index in [0.717, 1.165) is 12.1 Å². The molecule has 12 heteroatoms. The lowest BCUT2D eigenvalue weighted by atomic mass is 9.96. The van der Waals surface area contributed by atoms with E-state index in [1.54, 1.807) is 0 Å². The van der Waals surface area contributed by atoms with Crippen LogP contribution in [0, 0.1) is 6.92 Å². The molecule has 0 saturated heterocycles. The number of aromatic nitrogens is 3. The Morgan fingerprint density at radius 1 is 1.10 bits per heavy atom. The van der Waals surface area contributed by atoms with E-state index in [4.69, 9.17) is 4.74 Å². The molecule has 3 aromatic rings. The Morgan fingerprint density at radius 3 is 2.45 bits per heavy atom. The summed E-state index contributed by atoms with van der Waals surface area (Å²) in [7, 11) is 0. The van der Waals surface area contributed by atoms with Gasteiger partial charge in [-0.15, -0.1) is 13.2 Å². The van der Waals surface area contributed by atoms with Crippen molar-refractivity contribution in [1.82, 2.24) is 15.0 Å². The Bertz CT molecular complexity index is 1080. The van der Waals surface area contributed by atoms with Crippen LogP contribution < -0.4 is 9.47 Å². The number of pyridine rings is 1. The molecular weight excluding hydrogens is 432 g/mol. The van der Waals surface area contributed by atoms with Crippen molar-refractivity contribution in [2.24, 2.45) is 0 Å². The third-order valence-electron chi connectivity index (χ3n) is 4.36. The van der Waals surface area contributed by atoms with Crippen LogP contribution in [0.5, 0.6) is 11.5 Å². The summed E-state index contributed by atoms with van der Waals surface area (Å²) in [4.78, 5) is 11.0. The van der Waals surface area contributed by atoms with Crippen molar-refractivity contribution in [2.45, 2.75) is 38.4 Å². The highest BCUT2D eigenvalue weighted by molar-refractivity contribution is 5.77. The Hall–Kier alpha value is -3.02. The number of hydrogen-bond acceptors (Lipinski definition) is 5. The molecule has 0 saturated carbocycles. The fourth-order valence-corrected chi connectivity index (χ4v) is 2.90.